The van der Waals surface area contributed by atoms with E-state index in [9.17, 15) is 9.59 Å². The second-order valence-corrected chi connectivity index (χ2v) is 7.61. The highest BCUT2D eigenvalue weighted by atomic mass is 32.1. The van der Waals surface area contributed by atoms with Crippen LogP contribution in [0.1, 0.15) is 26.3 Å². The number of thiophene rings is 1. The van der Waals surface area contributed by atoms with Crippen molar-refractivity contribution in [2.75, 3.05) is 17.7 Å². The van der Waals surface area contributed by atoms with Gasteiger partial charge in [-0.15, -0.1) is 11.3 Å². The summed E-state index contributed by atoms with van der Waals surface area (Å²) in [7, 11) is 1.30. The van der Waals surface area contributed by atoms with Crippen molar-refractivity contribution in [3.05, 3.63) is 82.9 Å². The van der Waals surface area contributed by atoms with Crippen LogP contribution in [-0.4, -0.2) is 24.0 Å². The van der Waals surface area contributed by atoms with Crippen LogP contribution in [0.4, 0.5) is 17.2 Å². The predicted octanol–water partition coefficient (Wildman–Crippen LogP) is 5.39. The molecule has 2 N–H and O–H groups in total. The zero-order valence-electron chi connectivity index (χ0n) is 16.4. The van der Waals surface area contributed by atoms with E-state index in [1.165, 1.54) is 24.6 Å². The Bertz CT molecular complexity index is 1230. The second kappa shape index (κ2) is 8.34. The molecular formula is C23H19N3O3S. The molecule has 0 bridgehead atoms. The van der Waals surface area contributed by atoms with E-state index in [4.69, 9.17) is 4.74 Å². The third-order valence-corrected chi connectivity index (χ3v) is 5.56. The summed E-state index contributed by atoms with van der Waals surface area (Å²) in [6, 6.07) is 17.1. The lowest BCUT2D eigenvalue weighted by molar-refractivity contribution is 0.0600. The summed E-state index contributed by atoms with van der Waals surface area (Å²) in [5.74, 6) is -0.372. The molecule has 1 amide bonds. The average molecular weight is 417 g/mol. The van der Waals surface area contributed by atoms with Crippen molar-refractivity contribution in [3.8, 4) is 0 Å². The maximum Gasteiger partial charge on any atom is 0.339 e. The second-order valence-electron chi connectivity index (χ2n) is 6.70. The highest BCUT2D eigenvalue weighted by Gasteiger charge is 2.17. The zero-order chi connectivity index (χ0) is 21.1. The van der Waals surface area contributed by atoms with Gasteiger partial charge < -0.3 is 15.4 Å². The van der Waals surface area contributed by atoms with Gasteiger partial charge in [0, 0.05) is 27.4 Å². The number of rotatable bonds is 5. The van der Waals surface area contributed by atoms with Crippen molar-refractivity contribution in [1.82, 2.24) is 4.98 Å². The number of methoxy groups -OCH3 is 1. The topological polar surface area (TPSA) is 80.3 Å². The normalized spacial score (nSPS) is 10.6. The van der Waals surface area contributed by atoms with Crippen molar-refractivity contribution in [2.24, 2.45) is 0 Å². The average Bonchev–Trinajstić information content (AvgIpc) is 3.20. The molecule has 0 fully saturated rings. The van der Waals surface area contributed by atoms with Gasteiger partial charge in [0.1, 0.15) is 0 Å². The summed E-state index contributed by atoms with van der Waals surface area (Å²) < 4.78 is 5.82. The van der Waals surface area contributed by atoms with Gasteiger partial charge in [0.05, 0.1) is 23.9 Å². The van der Waals surface area contributed by atoms with Gasteiger partial charge in [-0.25, -0.2) is 9.78 Å². The number of benzene rings is 2. The quantitative estimate of drug-likeness (QED) is 0.426. The molecule has 6 nitrogen and oxygen atoms in total. The number of aryl methyl sites for hydroxylation is 1. The Balaban J connectivity index is 1.69. The molecule has 0 radical (unpaired) electrons. The van der Waals surface area contributed by atoms with Gasteiger partial charge in [-0.3, -0.25) is 4.79 Å². The number of pyridine rings is 1. The Morgan fingerprint density at radius 1 is 1.07 bits per heavy atom. The Labute approximate surface area is 177 Å². The lowest BCUT2D eigenvalue weighted by atomic mass is 10.1. The van der Waals surface area contributed by atoms with Gasteiger partial charge in [-0.2, -0.15) is 0 Å². The number of nitrogens with one attached hydrogen (secondary N) is 2. The van der Waals surface area contributed by atoms with E-state index in [-0.39, 0.29) is 11.5 Å². The number of esters is 1. The molecule has 0 aliphatic carbocycles. The molecular weight excluding hydrogens is 398 g/mol. The SMILES string of the molecule is COC(=O)c1cnc(Nc2ccc(C)cc2)c(NC(=O)c2csc3ccccc23)c1. The number of amides is 1. The minimum Gasteiger partial charge on any atom is -0.465 e. The summed E-state index contributed by atoms with van der Waals surface area (Å²) in [6.07, 6.45) is 1.41. The highest BCUT2D eigenvalue weighted by Crippen LogP contribution is 2.29. The molecule has 4 rings (SSSR count). The fourth-order valence-corrected chi connectivity index (χ4v) is 3.95. The van der Waals surface area contributed by atoms with Crippen molar-refractivity contribution in [1.29, 1.82) is 0 Å². The smallest absolute Gasteiger partial charge is 0.339 e. The number of anilines is 3. The Morgan fingerprint density at radius 3 is 2.60 bits per heavy atom. The van der Waals surface area contributed by atoms with Gasteiger partial charge in [0.25, 0.3) is 5.91 Å². The van der Waals surface area contributed by atoms with Crippen molar-refractivity contribution in [2.45, 2.75) is 6.92 Å². The summed E-state index contributed by atoms with van der Waals surface area (Å²) >= 11 is 1.51. The number of fused-ring (bicyclic) bond motifs is 1. The molecule has 2 heterocycles. The van der Waals surface area contributed by atoms with Gasteiger partial charge >= 0.3 is 5.97 Å². The van der Waals surface area contributed by atoms with Crippen LogP contribution in [0, 0.1) is 6.92 Å². The Hall–Kier alpha value is -3.71. The van der Waals surface area contributed by atoms with E-state index in [2.05, 4.69) is 15.6 Å². The fourth-order valence-electron chi connectivity index (χ4n) is 3.01. The number of ether oxygens (including phenoxy) is 1. The molecule has 0 aliphatic heterocycles. The van der Waals surface area contributed by atoms with Crippen molar-refractivity contribution >= 4 is 50.5 Å². The first-order valence-electron chi connectivity index (χ1n) is 9.25. The van der Waals surface area contributed by atoms with Crippen molar-refractivity contribution < 1.29 is 14.3 Å². The molecule has 30 heavy (non-hydrogen) atoms. The van der Waals surface area contributed by atoms with Gasteiger partial charge in [-0.05, 0) is 31.2 Å². The van der Waals surface area contributed by atoms with E-state index in [1.54, 1.807) is 6.07 Å². The molecule has 2 aromatic heterocycles. The van der Waals surface area contributed by atoms with Crippen LogP contribution in [0.25, 0.3) is 10.1 Å². The van der Waals surface area contributed by atoms with Gasteiger partial charge in [0.15, 0.2) is 5.82 Å². The third-order valence-electron chi connectivity index (χ3n) is 4.60. The molecule has 0 atom stereocenters. The summed E-state index contributed by atoms with van der Waals surface area (Å²) in [5.41, 5.74) is 3.15. The molecule has 0 saturated carbocycles. The first-order chi connectivity index (χ1) is 14.5. The van der Waals surface area contributed by atoms with Crippen LogP contribution in [-0.2, 0) is 4.74 Å². The van der Waals surface area contributed by atoms with E-state index in [0.29, 0.717) is 17.1 Å². The molecule has 0 spiro atoms. The van der Waals surface area contributed by atoms with Gasteiger partial charge in [-0.1, -0.05) is 35.9 Å². The summed E-state index contributed by atoms with van der Waals surface area (Å²) in [6.45, 7) is 2.00. The molecule has 0 aliphatic rings. The first-order valence-corrected chi connectivity index (χ1v) is 10.1. The predicted molar refractivity (Wildman–Crippen MR) is 120 cm³/mol. The first kappa shape index (κ1) is 19.6. The standard InChI is InChI=1S/C23H19N3O3S/c1-14-7-9-16(10-8-14)25-21-19(11-15(12-24-21)23(28)29-2)26-22(27)18-13-30-20-6-4-3-5-17(18)20/h3-13H,1-2H3,(H,24,25)(H,26,27). The van der Waals surface area contributed by atoms with Crippen LogP contribution < -0.4 is 10.6 Å². The molecule has 0 unspecified atom stereocenters. The summed E-state index contributed by atoms with van der Waals surface area (Å²) in [4.78, 5) is 29.3. The van der Waals surface area contributed by atoms with Crippen molar-refractivity contribution in [3.63, 3.8) is 0 Å². The number of hydrogen-bond donors (Lipinski definition) is 2. The number of nitrogens with zero attached hydrogens (tertiary/aromatic N) is 1. The van der Waals surface area contributed by atoms with E-state index < -0.39 is 5.97 Å². The zero-order valence-corrected chi connectivity index (χ0v) is 17.2. The largest absolute Gasteiger partial charge is 0.465 e. The number of aromatic nitrogens is 1. The van der Waals surface area contributed by atoms with Gasteiger partial charge in [0.2, 0.25) is 0 Å². The maximum absolute atomic E-state index is 13.0. The lowest BCUT2D eigenvalue weighted by Gasteiger charge is -2.13. The maximum atomic E-state index is 13.0. The molecule has 2 aromatic carbocycles. The molecule has 150 valence electrons. The van der Waals surface area contributed by atoms with E-state index >= 15 is 0 Å². The number of hydrogen-bond acceptors (Lipinski definition) is 6. The Morgan fingerprint density at radius 2 is 1.83 bits per heavy atom. The molecule has 0 saturated heterocycles. The van der Waals surface area contributed by atoms with Crippen LogP contribution in [0.3, 0.4) is 0 Å². The van der Waals surface area contributed by atoms with E-state index in [1.807, 2.05) is 60.8 Å². The lowest BCUT2D eigenvalue weighted by Crippen LogP contribution is -2.14. The monoisotopic (exact) mass is 417 g/mol. The van der Waals surface area contributed by atoms with Crippen LogP contribution in [0.2, 0.25) is 0 Å². The Kier molecular flexibility index (Phi) is 5.45. The third kappa shape index (κ3) is 4.01. The highest BCUT2D eigenvalue weighted by molar-refractivity contribution is 7.17. The minimum atomic E-state index is -0.527. The summed E-state index contributed by atoms with van der Waals surface area (Å²) in [5, 5.41) is 8.79. The number of carbonyl (C=O) groups excluding carboxylic acids is 2. The molecule has 7 heteroatoms. The minimum absolute atomic E-state index is 0.248. The molecule has 4 aromatic rings. The van der Waals surface area contributed by atoms with Crippen LogP contribution in [0.15, 0.2) is 66.2 Å². The van der Waals surface area contributed by atoms with Crippen LogP contribution >= 0.6 is 11.3 Å². The fraction of sp³-hybridized carbons (Fsp3) is 0.0870. The van der Waals surface area contributed by atoms with Crippen LogP contribution in [0.5, 0.6) is 0 Å². The number of carbonyl (C=O) groups is 2. The van der Waals surface area contributed by atoms with E-state index in [0.717, 1.165) is 21.3 Å².